The zero-order valence-electron chi connectivity index (χ0n) is 14.5. The maximum Gasteiger partial charge on any atom is 0.416 e. The summed E-state index contributed by atoms with van der Waals surface area (Å²) in [5, 5.41) is 0. The third-order valence-corrected chi connectivity index (χ3v) is 5.15. The van der Waals surface area contributed by atoms with Gasteiger partial charge in [0, 0.05) is 28.9 Å². The Bertz CT molecular complexity index is 798. The summed E-state index contributed by atoms with van der Waals surface area (Å²) in [6.45, 7) is 4.22. The highest BCUT2D eigenvalue weighted by Gasteiger charge is 2.36. The van der Waals surface area contributed by atoms with Crippen LogP contribution in [0.4, 0.5) is 13.2 Å². The lowest BCUT2D eigenvalue weighted by Gasteiger charge is -2.38. The molecule has 0 spiro atoms. The van der Waals surface area contributed by atoms with Gasteiger partial charge >= 0.3 is 6.18 Å². The van der Waals surface area contributed by atoms with Gasteiger partial charge in [0.15, 0.2) is 0 Å². The largest absolute Gasteiger partial charge is 0.416 e. The molecular formula is C20H20F3NO2. The van der Waals surface area contributed by atoms with Gasteiger partial charge in [-0.25, -0.2) is 0 Å². The Labute approximate surface area is 150 Å². The first-order chi connectivity index (χ1) is 12.4. The molecule has 3 nitrogen and oxygen atoms in total. The maximum absolute atomic E-state index is 12.8. The molecule has 0 bridgehead atoms. The lowest BCUT2D eigenvalue weighted by Crippen LogP contribution is -2.43. The van der Waals surface area contributed by atoms with E-state index in [9.17, 15) is 13.2 Å². The molecule has 1 fully saturated rings. The van der Waals surface area contributed by atoms with Crippen molar-refractivity contribution in [2.24, 2.45) is 5.41 Å². The highest BCUT2D eigenvalue weighted by Crippen LogP contribution is 2.41. The van der Waals surface area contributed by atoms with Crippen LogP contribution >= 0.6 is 0 Å². The number of hydrogen-bond donors (Lipinski definition) is 0. The van der Waals surface area contributed by atoms with E-state index in [-0.39, 0.29) is 11.5 Å². The van der Waals surface area contributed by atoms with Gasteiger partial charge < -0.3 is 9.47 Å². The molecule has 0 N–H and O–H groups in total. The summed E-state index contributed by atoms with van der Waals surface area (Å²) in [4.78, 5) is 4.31. The normalized spacial score (nSPS) is 21.3. The van der Waals surface area contributed by atoms with Crippen LogP contribution < -0.4 is 0 Å². The number of nitrogens with zero attached hydrogens (tertiary/aromatic N) is 1. The second-order valence-electron chi connectivity index (χ2n) is 7.47. The summed E-state index contributed by atoms with van der Waals surface area (Å²) >= 11 is 0. The molecular weight excluding hydrogens is 343 g/mol. The van der Waals surface area contributed by atoms with Crippen LogP contribution in [0.5, 0.6) is 0 Å². The van der Waals surface area contributed by atoms with E-state index >= 15 is 0 Å². The summed E-state index contributed by atoms with van der Waals surface area (Å²) in [7, 11) is 0. The number of ether oxygens (including phenoxy) is 2. The first-order valence-electron chi connectivity index (χ1n) is 8.69. The summed E-state index contributed by atoms with van der Waals surface area (Å²) in [6.07, 6.45) is 0.919. The van der Waals surface area contributed by atoms with Crippen LogP contribution in [-0.2, 0) is 22.1 Å². The molecule has 1 atom stereocenters. The number of benzene rings is 1. The summed E-state index contributed by atoms with van der Waals surface area (Å²) < 4.78 is 49.7. The lowest BCUT2D eigenvalue weighted by molar-refractivity contribution is -0.149. The fourth-order valence-electron chi connectivity index (χ4n) is 3.59. The van der Waals surface area contributed by atoms with Gasteiger partial charge in [-0.3, -0.25) is 4.98 Å². The van der Waals surface area contributed by atoms with Gasteiger partial charge in [0.1, 0.15) is 0 Å². The predicted molar refractivity (Wildman–Crippen MR) is 90.6 cm³/mol. The number of fused-ring (bicyclic) bond motifs is 1. The minimum Gasteiger partial charge on any atom is -0.380 e. The minimum absolute atomic E-state index is 0.00989. The van der Waals surface area contributed by atoms with E-state index in [2.05, 4.69) is 11.9 Å². The molecule has 1 aliphatic carbocycles. The van der Waals surface area contributed by atoms with Gasteiger partial charge in [0.25, 0.3) is 0 Å². The van der Waals surface area contributed by atoms with Gasteiger partial charge in [-0.15, -0.1) is 0 Å². The highest BCUT2D eigenvalue weighted by atomic mass is 19.4. The molecule has 4 rings (SSSR count). The molecule has 2 aromatic rings. The molecule has 1 unspecified atom stereocenters. The zero-order chi connectivity index (χ0) is 18.4. The van der Waals surface area contributed by atoms with Crippen LogP contribution in [-0.4, -0.2) is 24.8 Å². The second kappa shape index (κ2) is 6.35. The van der Waals surface area contributed by atoms with Gasteiger partial charge in [0.2, 0.25) is 0 Å². The number of halogens is 3. The van der Waals surface area contributed by atoms with Crippen molar-refractivity contribution in [2.75, 3.05) is 19.8 Å². The van der Waals surface area contributed by atoms with E-state index in [1.165, 1.54) is 12.1 Å². The maximum atomic E-state index is 12.8. The molecule has 6 heteroatoms. The molecule has 26 heavy (non-hydrogen) atoms. The highest BCUT2D eigenvalue weighted by molar-refractivity contribution is 5.69. The molecule has 1 saturated heterocycles. The van der Waals surface area contributed by atoms with E-state index < -0.39 is 11.7 Å². The standard InChI is InChI=1S/C20H20F3NO2/c1-19(10-25-11-19)12-26-18-7-6-15-16(8-24-9-17(15)18)13-2-4-14(5-3-13)20(21,22)23/h2-5,8-9,18H,6-7,10-12H2,1H3. The molecule has 0 saturated carbocycles. The Hall–Kier alpha value is -1.92. The summed E-state index contributed by atoms with van der Waals surface area (Å²) in [6, 6.07) is 5.27. The van der Waals surface area contributed by atoms with Gasteiger partial charge in [0.05, 0.1) is 31.5 Å². The van der Waals surface area contributed by atoms with E-state index in [1.807, 2.05) is 6.20 Å². The van der Waals surface area contributed by atoms with Crippen molar-refractivity contribution in [1.82, 2.24) is 4.98 Å². The monoisotopic (exact) mass is 363 g/mol. The van der Waals surface area contributed by atoms with Gasteiger partial charge in [-0.1, -0.05) is 19.1 Å². The van der Waals surface area contributed by atoms with Crippen LogP contribution in [0, 0.1) is 5.41 Å². The average molecular weight is 363 g/mol. The minimum atomic E-state index is -4.32. The van der Waals surface area contributed by atoms with Crippen molar-refractivity contribution in [3.63, 3.8) is 0 Å². The molecule has 1 aliphatic heterocycles. The number of rotatable bonds is 4. The quantitative estimate of drug-likeness (QED) is 0.781. The average Bonchev–Trinajstić information content (AvgIpc) is 3.01. The Morgan fingerprint density at radius 2 is 1.92 bits per heavy atom. The van der Waals surface area contributed by atoms with Crippen LogP contribution in [0.2, 0.25) is 0 Å². The van der Waals surface area contributed by atoms with E-state index in [4.69, 9.17) is 9.47 Å². The van der Waals surface area contributed by atoms with Crippen LogP contribution in [0.1, 0.15) is 36.1 Å². The topological polar surface area (TPSA) is 31.4 Å². The number of pyridine rings is 1. The van der Waals surface area contributed by atoms with E-state index in [0.717, 1.165) is 60.4 Å². The second-order valence-corrected chi connectivity index (χ2v) is 7.47. The molecule has 0 radical (unpaired) electrons. The predicted octanol–water partition coefficient (Wildman–Crippen LogP) is 4.81. The van der Waals surface area contributed by atoms with Crippen molar-refractivity contribution in [3.05, 3.63) is 53.3 Å². The smallest absolute Gasteiger partial charge is 0.380 e. The van der Waals surface area contributed by atoms with Crippen molar-refractivity contribution in [1.29, 1.82) is 0 Å². The van der Waals surface area contributed by atoms with Gasteiger partial charge in [-0.05, 0) is 36.1 Å². The first kappa shape index (κ1) is 17.5. The third kappa shape index (κ3) is 3.23. The van der Waals surface area contributed by atoms with Crippen molar-refractivity contribution in [3.8, 4) is 11.1 Å². The number of aromatic nitrogens is 1. The molecule has 138 valence electrons. The first-order valence-corrected chi connectivity index (χ1v) is 8.69. The van der Waals surface area contributed by atoms with E-state index in [1.54, 1.807) is 6.20 Å². The molecule has 1 aromatic carbocycles. The van der Waals surface area contributed by atoms with Crippen molar-refractivity contribution < 1.29 is 22.6 Å². The molecule has 2 aliphatic rings. The Morgan fingerprint density at radius 1 is 1.19 bits per heavy atom. The lowest BCUT2D eigenvalue weighted by atomic mass is 9.90. The Kier molecular flexibility index (Phi) is 4.28. The fourth-order valence-corrected chi connectivity index (χ4v) is 3.59. The molecule has 0 amide bonds. The summed E-state index contributed by atoms with van der Waals surface area (Å²) in [5.41, 5.74) is 3.26. The van der Waals surface area contributed by atoms with Crippen molar-refractivity contribution >= 4 is 0 Å². The fraction of sp³-hybridized carbons (Fsp3) is 0.450. The van der Waals surface area contributed by atoms with E-state index in [0.29, 0.717) is 6.61 Å². The SMILES string of the molecule is CC1(COC2CCc3c(-c4ccc(C(F)(F)F)cc4)cncc32)COC1. The molecule has 1 aromatic heterocycles. The third-order valence-electron chi connectivity index (χ3n) is 5.15. The number of alkyl halides is 3. The van der Waals surface area contributed by atoms with Crippen LogP contribution in [0.3, 0.4) is 0 Å². The van der Waals surface area contributed by atoms with Crippen LogP contribution in [0.25, 0.3) is 11.1 Å². The van der Waals surface area contributed by atoms with Crippen LogP contribution in [0.15, 0.2) is 36.7 Å². The van der Waals surface area contributed by atoms with Gasteiger partial charge in [-0.2, -0.15) is 13.2 Å². The zero-order valence-corrected chi connectivity index (χ0v) is 14.5. The number of hydrogen-bond acceptors (Lipinski definition) is 3. The summed E-state index contributed by atoms with van der Waals surface area (Å²) in [5.74, 6) is 0. The Morgan fingerprint density at radius 3 is 2.54 bits per heavy atom. The molecule has 2 heterocycles. The Balaban J connectivity index is 1.56. The van der Waals surface area contributed by atoms with Crippen molar-refractivity contribution in [2.45, 2.75) is 32.0 Å².